The minimum absolute atomic E-state index is 0.943. The van der Waals surface area contributed by atoms with Gasteiger partial charge in [0.15, 0.2) is 0 Å². The number of hydrogen-bond acceptors (Lipinski definition) is 3. The second-order valence-electron chi connectivity index (χ2n) is 13.8. The van der Waals surface area contributed by atoms with Gasteiger partial charge in [0.25, 0.3) is 0 Å². The van der Waals surface area contributed by atoms with Crippen LogP contribution in [0.15, 0.2) is 182 Å². The minimum atomic E-state index is 0.943. The molecule has 53 heavy (non-hydrogen) atoms. The van der Waals surface area contributed by atoms with Crippen LogP contribution in [0.3, 0.4) is 0 Å². The first kappa shape index (κ1) is 30.0. The van der Waals surface area contributed by atoms with Crippen LogP contribution in [-0.4, -0.2) is 9.97 Å². The van der Waals surface area contributed by atoms with Crippen molar-refractivity contribution in [2.75, 3.05) is 0 Å². The van der Waals surface area contributed by atoms with Crippen molar-refractivity contribution in [3.8, 4) is 44.5 Å². The highest BCUT2D eigenvalue weighted by molar-refractivity contribution is 7.26. The summed E-state index contributed by atoms with van der Waals surface area (Å²) in [6.07, 6.45) is 3.56. The molecule has 0 saturated carbocycles. The van der Waals surface area contributed by atoms with E-state index >= 15 is 0 Å². The van der Waals surface area contributed by atoms with E-state index in [-0.39, 0.29) is 0 Å². The van der Waals surface area contributed by atoms with Crippen LogP contribution in [-0.2, 0) is 0 Å². The van der Waals surface area contributed by atoms with Crippen LogP contribution in [0.2, 0.25) is 0 Å². The molecule has 2 nitrogen and oxygen atoms in total. The summed E-state index contributed by atoms with van der Waals surface area (Å²) in [6, 6.07) is 62.2. The SMILES string of the molecule is c1cc(-c2ccc3cc(-c4cccc(-c5cccc6c5sc5ccccc56)c4)ccc3c2)cc(-c2ccc3c(c2)c2ccccc2c2nccnc32)c1. The molecule has 0 fully saturated rings. The van der Waals surface area contributed by atoms with Gasteiger partial charge in [-0.15, -0.1) is 11.3 Å². The fourth-order valence-electron chi connectivity index (χ4n) is 8.13. The van der Waals surface area contributed by atoms with Gasteiger partial charge in [0, 0.05) is 43.3 Å². The molecule has 11 aromatic rings. The van der Waals surface area contributed by atoms with Crippen molar-refractivity contribution in [1.82, 2.24) is 9.97 Å². The zero-order valence-electron chi connectivity index (χ0n) is 28.6. The molecule has 0 aliphatic carbocycles. The van der Waals surface area contributed by atoms with Crippen molar-refractivity contribution in [2.45, 2.75) is 0 Å². The third-order valence-corrected chi connectivity index (χ3v) is 11.9. The maximum atomic E-state index is 4.73. The van der Waals surface area contributed by atoms with Gasteiger partial charge in [-0.3, -0.25) is 9.97 Å². The highest BCUT2D eigenvalue weighted by Crippen LogP contribution is 2.41. The van der Waals surface area contributed by atoms with Gasteiger partial charge in [-0.05, 0) is 102 Å². The third-order valence-electron chi connectivity index (χ3n) is 10.7. The fourth-order valence-corrected chi connectivity index (χ4v) is 9.37. The zero-order chi connectivity index (χ0) is 34.9. The molecule has 246 valence electrons. The Balaban J connectivity index is 0.938. The van der Waals surface area contributed by atoms with Crippen LogP contribution in [0.4, 0.5) is 0 Å². The molecule has 0 saturated heterocycles. The van der Waals surface area contributed by atoms with Gasteiger partial charge >= 0.3 is 0 Å². The summed E-state index contributed by atoms with van der Waals surface area (Å²) in [5.74, 6) is 0. The van der Waals surface area contributed by atoms with Crippen LogP contribution in [0.5, 0.6) is 0 Å². The van der Waals surface area contributed by atoms with Gasteiger partial charge in [-0.2, -0.15) is 0 Å². The van der Waals surface area contributed by atoms with Crippen LogP contribution >= 0.6 is 11.3 Å². The molecule has 3 heteroatoms. The number of benzene rings is 9. The summed E-state index contributed by atoms with van der Waals surface area (Å²) < 4.78 is 2.68. The lowest BCUT2D eigenvalue weighted by atomic mass is 9.93. The third kappa shape index (κ3) is 4.93. The lowest BCUT2D eigenvalue weighted by molar-refractivity contribution is 1.31. The number of thiophene rings is 1. The van der Waals surface area contributed by atoms with Gasteiger partial charge in [-0.25, -0.2) is 0 Å². The van der Waals surface area contributed by atoms with Gasteiger partial charge in [0.05, 0.1) is 11.0 Å². The van der Waals surface area contributed by atoms with Crippen molar-refractivity contribution in [2.24, 2.45) is 0 Å². The molecular weight excluding hydrogens is 661 g/mol. The van der Waals surface area contributed by atoms with Crippen LogP contribution < -0.4 is 0 Å². The van der Waals surface area contributed by atoms with E-state index in [2.05, 4.69) is 170 Å². The first-order valence-electron chi connectivity index (χ1n) is 18.0. The quantitative estimate of drug-likeness (QED) is 0.172. The van der Waals surface area contributed by atoms with E-state index in [1.54, 1.807) is 12.4 Å². The Bertz CT molecular complexity index is 3210. The van der Waals surface area contributed by atoms with Crippen LogP contribution in [0, 0.1) is 0 Å². The minimum Gasteiger partial charge on any atom is -0.252 e. The van der Waals surface area contributed by atoms with E-state index < -0.39 is 0 Å². The first-order valence-corrected chi connectivity index (χ1v) is 18.8. The van der Waals surface area contributed by atoms with E-state index in [4.69, 9.17) is 9.97 Å². The number of hydrogen-bond donors (Lipinski definition) is 0. The lowest BCUT2D eigenvalue weighted by Crippen LogP contribution is -1.89. The molecule has 2 heterocycles. The lowest BCUT2D eigenvalue weighted by Gasteiger charge is -2.12. The predicted molar refractivity (Wildman–Crippen MR) is 227 cm³/mol. The molecule has 0 spiro atoms. The molecule has 0 N–H and O–H groups in total. The Kier molecular flexibility index (Phi) is 6.76. The highest BCUT2D eigenvalue weighted by Gasteiger charge is 2.13. The van der Waals surface area contributed by atoms with Crippen molar-refractivity contribution < 1.29 is 0 Å². The van der Waals surface area contributed by atoms with Gasteiger partial charge in [0.1, 0.15) is 0 Å². The summed E-state index contributed by atoms with van der Waals surface area (Å²) >= 11 is 1.88. The molecule has 0 unspecified atom stereocenters. The Morgan fingerprint density at radius 1 is 0.321 bits per heavy atom. The molecule has 11 rings (SSSR count). The summed E-state index contributed by atoms with van der Waals surface area (Å²) in [4.78, 5) is 9.43. The average molecular weight is 691 g/mol. The van der Waals surface area contributed by atoms with Crippen molar-refractivity contribution in [1.29, 1.82) is 0 Å². The monoisotopic (exact) mass is 690 g/mol. The largest absolute Gasteiger partial charge is 0.252 e. The smallest absolute Gasteiger partial charge is 0.0971 e. The van der Waals surface area contributed by atoms with Gasteiger partial charge < -0.3 is 0 Å². The summed E-state index contributed by atoms with van der Waals surface area (Å²) in [5.41, 5.74) is 11.7. The predicted octanol–water partition coefficient (Wildman–Crippen LogP) is 14.1. The van der Waals surface area contributed by atoms with E-state index in [0.717, 1.165) is 21.8 Å². The summed E-state index contributed by atoms with van der Waals surface area (Å²) in [6.45, 7) is 0. The molecule has 9 aromatic carbocycles. The number of nitrogens with zero attached hydrogens (tertiary/aromatic N) is 2. The van der Waals surface area contributed by atoms with E-state index in [9.17, 15) is 0 Å². The second-order valence-corrected chi connectivity index (χ2v) is 14.8. The Morgan fingerprint density at radius 3 is 1.55 bits per heavy atom. The van der Waals surface area contributed by atoms with Crippen LogP contribution in [0.1, 0.15) is 0 Å². The normalized spacial score (nSPS) is 11.8. The Morgan fingerprint density at radius 2 is 0.830 bits per heavy atom. The molecule has 0 aliphatic heterocycles. The second kappa shape index (κ2) is 11.9. The molecule has 0 radical (unpaired) electrons. The first-order chi connectivity index (χ1) is 26.2. The highest BCUT2D eigenvalue weighted by atomic mass is 32.1. The van der Waals surface area contributed by atoms with Gasteiger partial charge in [0.2, 0.25) is 0 Å². The Labute approximate surface area is 310 Å². The number of rotatable bonds is 4. The Hall–Kier alpha value is -6.68. The maximum Gasteiger partial charge on any atom is 0.0971 e. The van der Waals surface area contributed by atoms with E-state index in [1.165, 1.54) is 86.2 Å². The fraction of sp³-hybridized carbons (Fsp3) is 0. The molecular formula is C50H30N2S. The molecule has 0 amide bonds. The van der Waals surface area contributed by atoms with E-state index in [1.807, 2.05) is 11.3 Å². The van der Waals surface area contributed by atoms with E-state index in [0.29, 0.717) is 0 Å². The molecule has 0 atom stereocenters. The average Bonchev–Trinajstić information content (AvgIpc) is 3.62. The van der Waals surface area contributed by atoms with Crippen molar-refractivity contribution in [3.63, 3.8) is 0 Å². The number of fused-ring (bicyclic) bond motifs is 10. The number of aromatic nitrogens is 2. The maximum absolute atomic E-state index is 4.73. The molecule has 0 bridgehead atoms. The van der Waals surface area contributed by atoms with Gasteiger partial charge in [-0.1, -0.05) is 133 Å². The summed E-state index contributed by atoms with van der Waals surface area (Å²) in [5, 5.41) is 9.77. The standard InChI is InChI=1S/C50H30N2S/c1-2-14-43-41(12-1)46-30-38(22-23-44(46)49-48(43)51-24-25-52-49)32-9-5-8-31(26-32)34-18-20-37-28-35(19-21-36(37)27-34)33-10-6-11-39(29-33)40-15-7-16-45-42-13-3-4-17-47(42)53-50(40)45/h1-30H. The van der Waals surface area contributed by atoms with Crippen molar-refractivity contribution >= 4 is 74.9 Å². The topological polar surface area (TPSA) is 25.8 Å². The molecule has 0 aliphatic rings. The molecule has 2 aromatic heterocycles. The van der Waals surface area contributed by atoms with Crippen LogP contribution in [0.25, 0.3) is 108 Å². The zero-order valence-corrected chi connectivity index (χ0v) is 29.4. The van der Waals surface area contributed by atoms with Crippen molar-refractivity contribution in [3.05, 3.63) is 182 Å². The summed E-state index contributed by atoms with van der Waals surface area (Å²) in [7, 11) is 0.